The molecule has 0 radical (unpaired) electrons. The molecular formula is C14H13ClN4O. The third-order valence-corrected chi connectivity index (χ3v) is 2.73. The minimum atomic E-state index is 0.179. The van der Waals surface area contributed by atoms with Crippen LogP contribution in [0.15, 0.2) is 29.5 Å². The lowest BCUT2D eigenvalue weighted by Crippen LogP contribution is -1.97. The summed E-state index contributed by atoms with van der Waals surface area (Å²) in [6.45, 7) is 2.02. The molecule has 0 saturated carbocycles. The van der Waals surface area contributed by atoms with E-state index in [1.807, 2.05) is 13.0 Å². The zero-order valence-electron chi connectivity index (χ0n) is 10.9. The molecule has 0 amide bonds. The number of nitrogens with two attached hydrogens (primary N) is 1. The Morgan fingerprint density at radius 2 is 2.40 bits per heavy atom. The van der Waals surface area contributed by atoms with E-state index < -0.39 is 0 Å². The molecule has 0 fully saturated rings. The van der Waals surface area contributed by atoms with Crippen molar-refractivity contribution >= 4 is 23.8 Å². The Balaban J connectivity index is 2.16. The topological polar surface area (TPSA) is 65.4 Å². The van der Waals surface area contributed by atoms with Crippen molar-refractivity contribution in [1.82, 2.24) is 9.66 Å². The van der Waals surface area contributed by atoms with Crippen LogP contribution in [0.2, 0.25) is 5.02 Å². The first-order valence-electron chi connectivity index (χ1n) is 5.82. The third kappa shape index (κ3) is 3.31. The Morgan fingerprint density at radius 3 is 3.00 bits per heavy atom. The number of anilines is 1. The molecule has 0 unspecified atom stereocenters. The van der Waals surface area contributed by atoms with Crippen molar-refractivity contribution < 1.29 is 4.74 Å². The van der Waals surface area contributed by atoms with Crippen LogP contribution in [-0.2, 0) is 0 Å². The van der Waals surface area contributed by atoms with Crippen LogP contribution in [0.4, 0.5) is 5.95 Å². The molecule has 1 heterocycles. The van der Waals surface area contributed by atoms with Gasteiger partial charge in [0.15, 0.2) is 0 Å². The van der Waals surface area contributed by atoms with Crippen molar-refractivity contribution in [1.29, 1.82) is 0 Å². The lowest BCUT2D eigenvalue weighted by molar-refractivity contribution is 0.370. The molecule has 20 heavy (non-hydrogen) atoms. The van der Waals surface area contributed by atoms with Gasteiger partial charge in [-0.25, -0.2) is 9.66 Å². The second-order valence-corrected chi connectivity index (χ2v) is 4.42. The number of aryl methyl sites for hydroxylation is 1. The van der Waals surface area contributed by atoms with Crippen LogP contribution in [0.1, 0.15) is 11.3 Å². The van der Waals surface area contributed by atoms with Crippen LogP contribution in [0.25, 0.3) is 0 Å². The zero-order chi connectivity index (χ0) is 14.5. The normalized spacial score (nSPS) is 10.7. The Kier molecular flexibility index (Phi) is 4.28. The molecule has 2 rings (SSSR count). The predicted molar refractivity (Wildman–Crippen MR) is 80.1 cm³/mol. The number of rotatable bonds is 4. The maximum Gasteiger partial charge on any atom is 0.221 e. The van der Waals surface area contributed by atoms with E-state index in [0.29, 0.717) is 16.7 Å². The molecule has 6 heteroatoms. The van der Waals surface area contributed by atoms with E-state index in [0.717, 1.165) is 11.3 Å². The summed E-state index contributed by atoms with van der Waals surface area (Å²) < 4.78 is 6.77. The first kappa shape index (κ1) is 14.0. The smallest absolute Gasteiger partial charge is 0.221 e. The summed E-state index contributed by atoms with van der Waals surface area (Å²) in [7, 11) is 0. The number of aromatic nitrogens is 2. The van der Waals surface area contributed by atoms with Crippen LogP contribution in [0.5, 0.6) is 5.75 Å². The second-order valence-electron chi connectivity index (χ2n) is 4.01. The lowest BCUT2D eigenvalue weighted by Gasteiger charge is -2.05. The zero-order valence-corrected chi connectivity index (χ0v) is 11.6. The summed E-state index contributed by atoms with van der Waals surface area (Å²) in [6, 6.07) is 5.29. The van der Waals surface area contributed by atoms with Crippen LogP contribution < -0.4 is 10.5 Å². The van der Waals surface area contributed by atoms with Gasteiger partial charge in [-0.15, -0.1) is 6.42 Å². The fourth-order valence-electron chi connectivity index (χ4n) is 1.56. The van der Waals surface area contributed by atoms with Gasteiger partial charge in [0.05, 0.1) is 23.1 Å². The summed E-state index contributed by atoms with van der Waals surface area (Å²) in [4.78, 5) is 4.05. The average molecular weight is 289 g/mol. The van der Waals surface area contributed by atoms with E-state index in [-0.39, 0.29) is 6.61 Å². The highest BCUT2D eigenvalue weighted by Gasteiger charge is 2.02. The molecule has 0 spiro atoms. The largest absolute Gasteiger partial charge is 0.479 e. The molecule has 0 bridgehead atoms. The molecule has 0 atom stereocenters. The highest BCUT2D eigenvalue weighted by atomic mass is 35.5. The second kappa shape index (κ2) is 6.13. The molecule has 102 valence electrons. The van der Waals surface area contributed by atoms with Crippen molar-refractivity contribution in [2.45, 2.75) is 6.92 Å². The van der Waals surface area contributed by atoms with Crippen molar-refractivity contribution in [3.05, 3.63) is 40.7 Å². The summed E-state index contributed by atoms with van der Waals surface area (Å²) in [5.41, 5.74) is 7.30. The number of ether oxygens (including phenoxy) is 1. The standard InChI is InChI=1S/C14H13ClN4O/c1-3-6-20-13-5-4-11(7-12(13)15)8-17-19-9-10(2)18-14(19)16/h1,4-5,7-9H,6H2,2H3,(H2,16,18). The average Bonchev–Trinajstić information content (AvgIpc) is 2.73. The maximum absolute atomic E-state index is 6.08. The van der Waals surface area contributed by atoms with Crippen LogP contribution in [0.3, 0.4) is 0 Å². The predicted octanol–water partition coefficient (Wildman–Crippen LogP) is 2.32. The van der Waals surface area contributed by atoms with Gasteiger partial charge < -0.3 is 10.5 Å². The molecule has 2 aromatic rings. The minimum Gasteiger partial charge on any atom is -0.479 e. The van der Waals surface area contributed by atoms with Crippen LogP contribution >= 0.6 is 11.6 Å². The SMILES string of the molecule is C#CCOc1ccc(C=Nn2cc(C)nc2N)cc1Cl. The van der Waals surface area contributed by atoms with Gasteiger partial charge >= 0.3 is 0 Å². The van der Waals surface area contributed by atoms with Gasteiger partial charge in [-0.1, -0.05) is 17.5 Å². The number of terminal acetylenes is 1. The molecule has 2 N–H and O–H groups in total. The Hall–Kier alpha value is -2.45. The Bertz CT molecular complexity index is 685. The fraction of sp³-hybridized carbons (Fsp3) is 0.143. The van der Waals surface area contributed by atoms with Gasteiger partial charge in [0.25, 0.3) is 0 Å². The fourth-order valence-corrected chi connectivity index (χ4v) is 1.80. The molecular weight excluding hydrogens is 276 g/mol. The van der Waals surface area contributed by atoms with E-state index in [1.165, 1.54) is 4.68 Å². The van der Waals surface area contributed by atoms with E-state index in [1.54, 1.807) is 24.5 Å². The molecule has 0 aliphatic heterocycles. The number of hydrogen-bond acceptors (Lipinski definition) is 4. The van der Waals surface area contributed by atoms with E-state index in [9.17, 15) is 0 Å². The number of hydrogen-bond donors (Lipinski definition) is 1. The van der Waals surface area contributed by atoms with Crippen LogP contribution in [-0.4, -0.2) is 22.5 Å². The van der Waals surface area contributed by atoms with Gasteiger partial charge in [-0.2, -0.15) is 5.10 Å². The van der Waals surface area contributed by atoms with Gasteiger partial charge in [-0.3, -0.25) is 0 Å². The molecule has 0 saturated heterocycles. The maximum atomic E-state index is 6.08. The number of halogens is 1. The number of nitrogen functional groups attached to an aromatic ring is 1. The Labute approximate surface area is 122 Å². The summed E-state index contributed by atoms with van der Waals surface area (Å²) >= 11 is 6.08. The highest BCUT2D eigenvalue weighted by Crippen LogP contribution is 2.24. The summed E-state index contributed by atoms with van der Waals surface area (Å²) in [5.74, 6) is 3.26. The van der Waals surface area contributed by atoms with Crippen molar-refractivity contribution in [3.8, 4) is 18.1 Å². The van der Waals surface area contributed by atoms with E-state index >= 15 is 0 Å². The quantitative estimate of drug-likeness (QED) is 0.693. The molecule has 0 aliphatic carbocycles. The van der Waals surface area contributed by atoms with E-state index in [4.69, 9.17) is 28.5 Å². The van der Waals surface area contributed by atoms with Crippen molar-refractivity contribution in [2.75, 3.05) is 12.3 Å². The molecule has 1 aromatic heterocycles. The van der Waals surface area contributed by atoms with Gasteiger partial charge in [0.2, 0.25) is 5.95 Å². The molecule has 5 nitrogen and oxygen atoms in total. The van der Waals surface area contributed by atoms with Crippen LogP contribution in [0, 0.1) is 19.3 Å². The first-order chi connectivity index (χ1) is 9.60. The van der Waals surface area contributed by atoms with Crippen molar-refractivity contribution in [2.24, 2.45) is 5.10 Å². The van der Waals surface area contributed by atoms with Crippen molar-refractivity contribution in [3.63, 3.8) is 0 Å². The monoisotopic (exact) mass is 288 g/mol. The summed E-state index contributed by atoms with van der Waals surface area (Å²) in [6.07, 6.45) is 8.49. The number of nitrogens with zero attached hydrogens (tertiary/aromatic N) is 3. The molecule has 0 aliphatic rings. The first-order valence-corrected chi connectivity index (χ1v) is 6.19. The lowest BCUT2D eigenvalue weighted by atomic mass is 10.2. The summed E-state index contributed by atoms with van der Waals surface area (Å²) in [5, 5.41) is 4.67. The number of imidazole rings is 1. The Morgan fingerprint density at radius 1 is 1.60 bits per heavy atom. The highest BCUT2D eigenvalue weighted by molar-refractivity contribution is 6.32. The van der Waals surface area contributed by atoms with Gasteiger partial charge in [0, 0.05) is 0 Å². The number of benzene rings is 1. The van der Waals surface area contributed by atoms with E-state index in [2.05, 4.69) is 16.0 Å². The van der Waals surface area contributed by atoms with Gasteiger partial charge in [-0.05, 0) is 30.7 Å². The molecule has 1 aromatic carbocycles. The van der Waals surface area contributed by atoms with Gasteiger partial charge in [0.1, 0.15) is 12.4 Å². The minimum absolute atomic E-state index is 0.179. The third-order valence-electron chi connectivity index (χ3n) is 2.43.